The van der Waals surface area contributed by atoms with E-state index in [-0.39, 0.29) is 11.9 Å². The number of nitrogens with two attached hydrogens (primary N) is 1. The highest BCUT2D eigenvalue weighted by atomic mass is 35.5. The van der Waals surface area contributed by atoms with Gasteiger partial charge in [-0.05, 0) is 36.0 Å². The maximum absolute atomic E-state index is 11.4. The molecule has 1 atom stereocenters. The molecule has 18 heavy (non-hydrogen) atoms. The lowest BCUT2D eigenvalue weighted by atomic mass is 9.91. The van der Waals surface area contributed by atoms with E-state index < -0.39 is 0 Å². The van der Waals surface area contributed by atoms with Crippen molar-refractivity contribution in [3.05, 3.63) is 28.3 Å². The fraction of sp³-hybridized carbons (Fsp3) is 0.500. The largest absolute Gasteiger partial charge is 0.325 e. The third-order valence-electron chi connectivity index (χ3n) is 4.11. The fourth-order valence-corrected chi connectivity index (χ4v) is 3.38. The van der Waals surface area contributed by atoms with Crippen molar-refractivity contribution in [1.82, 2.24) is 0 Å². The summed E-state index contributed by atoms with van der Waals surface area (Å²) in [5.74, 6) is 0.568. The molecule has 0 spiro atoms. The van der Waals surface area contributed by atoms with E-state index in [0.29, 0.717) is 17.4 Å². The van der Waals surface area contributed by atoms with Crippen LogP contribution in [0.4, 0.5) is 5.69 Å². The summed E-state index contributed by atoms with van der Waals surface area (Å²) < 4.78 is 0. The van der Waals surface area contributed by atoms with Gasteiger partial charge >= 0.3 is 0 Å². The number of carbonyl (C=O) groups excluding carboxylic acids is 1. The summed E-state index contributed by atoms with van der Waals surface area (Å²) in [6.07, 6.45) is 5.34. The van der Waals surface area contributed by atoms with E-state index in [0.717, 1.165) is 16.8 Å². The van der Waals surface area contributed by atoms with Gasteiger partial charge in [-0.2, -0.15) is 0 Å². The highest BCUT2D eigenvalue weighted by Gasteiger charge is 2.27. The zero-order valence-corrected chi connectivity index (χ0v) is 11.0. The molecule has 3 nitrogen and oxygen atoms in total. The summed E-state index contributed by atoms with van der Waals surface area (Å²) >= 11 is 6.30. The van der Waals surface area contributed by atoms with Crippen molar-refractivity contribution < 1.29 is 4.79 Å². The highest BCUT2D eigenvalue weighted by Crippen LogP contribution is 2.39. The molecule has 4 heteroatoms. The predicted molar refractivity (Wildman–Crippen MR) is 72.7 cm³/mol. The second-order valence-corrected chi connectivity index (χ2v) is 5.73. The first-order chi connectivity index (χ1) is 8.65. The van der Waals surface area contributed by atoms with Gasteiger partial charge in [-0.3, -0.25) is 4.79 Å². The van der Waals surface area contributed by atoms with E-state index in [9.17, 15) is 4.79 Å². The smallest absolute Gasteiger partial charge is 0.228 e. The van der Waals surface area contributed by atoms with Gasteiger partial charge in [-0.1, -0.05) is 30.5 Å². The molecule has 3 N–H and O–H groups in total. The summed E-state index contributed by atoms with van der Waals surface area (Å²) in [4.78, 5) is 11.4. The molecule has 1 aromatic rings. The van der Waals surface area contributed by atoms with Gasteiger partial charge in [0.05, 0.1) is 6.42 Å². The van der Waals surface area contributed by atoms with Crippen LogP contribution in [0.1, 0.15) is 42.9 Å². The predicted octanol–water partition coefficient (Wildman–Crippen LogP) is 3.02. The molecule has 0 bridgehead atoms. The highest BCUT2D eigenvalue weighted by molar-refractivity contribution is 6.32. The number of hydrogen-bond donors (Lipinski definition) is 2. The molecular weight excluding hydrogens is 248 g/mol. The first kappa shape index (κ1) is 12.0. The zero-order valence-electron chi connectivity index (χ0n) is 10.2. The van der Waals surface area contributed by atoms with Gasteiger partial charge in [0.2, 0.25) is 5.91 Å². The van der Waals surface area contributed by atoms with Crippen LogP contribution in [0.3, 0.4) is 0 Å². The van der Waals surface area contributed by atoms with Crippen LogP contribution in [0, 0.1) is 5.92 Å². The Labute approximate surface area is 112 Å². The SMILES string of the molecule is NC(c1cc2c(cc1Cl)NC(=O)C2)C1CCCC1. The molecule has 1 amide bonds. The lowest BCUT2D eigenvalue weighted by Crippen LogP contribution is -2.19. The van der Waals surface area contributed by atoms with E-state index in [1.165, 1.54) is 25.7 Å². The van der Waals surface area contributed by atoms with Crippen molar-refractivity contribution in [3.63, 3.8) is 0 Å². The van der Waals surface area contributed by atoms with Gasteiger partial charge in [-0.25, -0.2) is 0 Å². The molecular formula is C14H17ClN2O. The normalized spacial score (nSPS) is 20.9. The molecule has 3 rings (SSSR count). The van der Waals surface area contributed by atoms with Gasteiger partial charge in [-0.15, -0.1) is 0 Å². The number of hydrogen-bond acceptors (Lipinski definition) is 2. The summed E-state index contributed by atoms with van der Waals surface area (Å²) in [6.45, 7) is 0. The number of fused-ring (bicyclic) bond motifs is 1. The van der Waals surface area contributed by atoms with Gasteiger partial charge in [0.25, 0.3) is 0 Å². The number of halogens is 1. The number of benzene rings is 1. The van der Waals surface area contributed by atoms with Gasteiger partial charge < -0.3 is 11.1 Å². The van der Waals surface area contributed by atoms with Gasteiger partial charge in [0.1, 0.15) is 0 Å². The molecule has 1 unspecified atom stereocenters. The van der Waals surface area contributed by atoms with Gasteiger partial charge in [0.15, 0.2) is 0 Å². The van der Waals surface area contributed by atoms with E-state index in [1.54, 1.807) is 0 Å². The second kappa shape index (κ2) is 4.56. The molecule has 1 fully saturated rings. The average Bonchev–Trinajstić information content (AvgIpc) is 2.94. The number of anilines is 1. The summed E-state index contributed by atoms with van der Waals surface area (Å²) in [7, 11) is 0. The van der Waals surface area contributed by atoms with E-state index in [1.807, 2.05) is 12.1 Å². The lowest BCUT2D eigenvalue weighted by Gasteiger charge is -2.21. The molecule has 0 saturated heterocycles. The minimum atomic E-state index is 0.000928. The Balaban J connectivity index is 1.92. The Morgan fingerprint density at radius 3 is 2.78 bits per heavy atom. The number of carbonyl (C=O) groups is 1. The Hall–Kier alpha value is -1.06. The first-order valence-electron chi connectivity index (χ1n) is 6.53. The van der Waals surface area contributed by atoms with Crippen LogP contribution in [-0.2, 0) is 11.2 Å². The van der Waals surface area contributed by atoms with E-state index >= 15 is 0 Å². The maximum Gasteiger partial charge on any atom is 0.228 e. The molecule has 1 aliphatic carbocycles. The summed E-state index contributed by atoms with van der Waals surface area (Å²) in [5, 5.41) is 3.49. The Kier molecular flexibility index (Phi) is 3.04. The van der Waals surface area contributed by atoms with E-state index in [4.69, 9.17) is 17.3 Å². The minimum absolute atomic E-state index is 0.000928. The molecule has 2 aliphatic rings. The standard InChI is InChI=1S/C14H17ClN2O/c15-11-7-12-9(6-13(18)17-12)5-10(11)14(16)8-3-1-2-4-8/h5,7-8,14H,1-4,6,16H2,(H,17,18). The van der Waals surface area contributed by atoms with Crippen LogP contribution in [0.25, 0.3) is 0 Å². The minimum Gasteiger partial charge on any atom is -0.325 e. The Morgan fingerprint density at radius 1 is 1.33 bits per heavy atom. The van der Waals surface area contributed by atoms with Crippen LogP contribution in [0.5, 0.6) is 0 Å². The van der Waals surface area contributed by atoms with Crippen LogP contribution in [0.15, 0.2) is 12.1 Å². The average molecular weight is 265 g/mol. The van der Waals surface area contributed by atoms with E-state index in [2.05, 4.69) is 5.32 Å². The molecule has 0 aromatic heterocycles. The molecule has 1 saturated carbocycles. The first-order valence-corrected chi connectivity index (χ1v) is 6.90. The Bertz CT molecular complexity index is 495. The number of rotatable bonds is 2. The quantitative estimate of drug-likeness (QED) is 0.863. The lowest BCUT2D eigenvalue weighted by molar-refractivity contribution is -0.115. The van der Waals surface area contributed by atoms with Crippen molar-refractivity contribution in [1.29, 1.82) is 0 Å². The maximum atomic E-state index is 11.4. The topological polar surface area (TPSA) is 55.1 Å². The Morgan fingerprint density at radius 2 is 2.06 bits per heavy atom. The van der Waals surface area contributed by atoms with Crippen LogP contribution >= 0.6 is 11.6 Å². The molecule has 1 heterocycles. The number of nitrogens with one attached hydrogen (secondary N) is 1. The molecule has 96 valence electrons. The number of amides is 1. The molecule has 1 aromatic carbocycles. The van der Waals surface area contributed by atoms with Crippen molar-refractivity contribution in [2.75, 3.05) is 5.32 Å². The van der Waals surface area contributed by atoms with Crippen molar-refractivity contribution in [3.8, 4) is 0 Å². The van der Waals surface area contributed by atoms with Crippen molar-refractivity contribution >= 4 is 23.2 Å². The summed E-state index contributed by atoms with van der Waals surface area (Å²) in [6, 6.07) is 3.85. The third-order valence-corrected chi connectivity index (χ3v) is 4.44. The third kappa shape index (κ3) is 2.02. The second-order valence-electron chi connectivity index (χ2n) is 5.33. The molecule has 1 aliphatic heterocycles. The van der Waals surface area contributed by atoms with Crippen LogP contribution in [0.2, 0.25) is 5.02 Å². The monoisotopic (exact) mass is 264 g/mol. The van der Waals surface area contributed by atoms with Crippen LogP contribution < -0.4 is 11.1 Å². The van der Waals surface area contributed by atoms with Crippen molar-refractivity contribution in [2.24, 2.45) is 11.7 Å². The van der Waals surface area contributed by atoms with Gasteiger partial charge in [0, 0.05) is 16.8 Å². The van der Waals surface area contributed by atoms with Crippen molar-refractivity contribution in [2.45, 2.75) is 38.1 Å². The zero-order chi connectivity index (χ0) is 12.7. The fourth-order valence-electron chi connectivity index (χ4n) is 3.09. The molecule has 0 radical (unpaired) electrons. The van der Waals surface area contributed by atoms with Crippen LogP contribution in [-0.4, -0.2) is 5.91 Å². The summed E-state index contributed by atoms with van der Waals surface area (Å²) in [5.41, 5.74) is 9.20.